The summed E-state index contributed by atoms with van der Waals surface area (Å²) in [6.45, 7) is 7.70. The van der Waals surface area contributed by atoms with Crippen molar-refractivity contribution in [3.63, 3.8) is 0 Å². The summed E-state index contributed by atoms with van der Waals surface area (Å²) in [5, 5.41) is 4.71. The molecule has 3 amide bonds. The number of urea groups is 1. The Balaban J connectivity index is 1.86. The summed E-state index contributed by atoms with van der Waals surface area (Å²) in [5.41, 5.74) is 0.231. The number of nitrogens with one attached hydrogen (secondary N) is 2. The molecule has 2 N–H and O–H groups in total. The number of carbonyl (C=O) groups is 3. The molecule has 0 aliphatic carbocycles. The van der Waals surface area contributed by atoms with Gasteiger partial charge in [0, 0.05) is 11.6 Å². The van der Waals surface area contributed by atoms with Gasteiger partial charge in [0.2, 0.25) is 0 Å². The lowest BCUT2D eigenvalue weighted by Crippen LogP contribution is -2.50. The first kappa shape index (κ1) is 20.3. The zero-order valence-electron chi connectivity index (χ0n) is 15.8. The lowest BCUT2D eigenvalue weighted by atomic mass is 10.1. The first-order chi connectivity index (χ1) is 12.6. The van der Waals surface area contributed by atoms with Crippen LogP contribution in [0.3, 0.4) is 0 Å². The van der Waals surface area contributed by atoms with Gasteiger partial charge in [-0.15, -0.1) is 0 Å². The van der Waals surface area contributed by atoms with E-state index in [4.69, 9.17) is 14.2 Å². The number of hydrogen-bond acceptors (Lipinski definition) is 6. The van der Waals surface area contributed by atoms with Gasteiger partial charge in [0.25, 0.3) is 5.91 Å². The number of ether oxygens (including phenoxy) is 3. The Hall–Kier alpha value is -3.03. The number of amides is 3. The molecule has 0 bridgehead atoms. The number of imide groups is 1. The monoisotopic (exact) mass is 376 g/mol. The molecule has 1 aromatic rings. The van der Waals surface area contributed by atoms with Gasteiger partial charge in [0.05, 0.1) is 0 Å². The van der Waals surface area contributed by atoms with Crippen LogP contribution in [-0.2, 0) is 14.3 Å². The molecule has 1 aliphatic rings. The number of esters is 1. The molecular weight excluding hydrogens is 352 g/mol. The van der Waals surface area contributed by atoms with Crippen LogP contribution in [0.25, 0.3) is 6.08 Å². The van der Waals surface area contributed by atoms with Crippen LogP contribution in [0.15, 0.2) is 24.3 Å². The molecule has 146 valence electrons. The van der Waals surface area contributed by atoms with Crippen molar-refractivity contribution < 1.29 is 28.6 Å². The van der Waals surface area contributed by atoms with Crippen molar-refractivity contribution in [2.45, 2.75) is 39.3 Å². The predicted octanol–water partition coefficient (Wildman–Crippen LogP) is 2.03. The minimum absolute atomic E-state index is 0.470. The van der Waals surface area contributed by atoms with E-state index in [9.17, 15) is 14.4 Å². The van der Waals surface area contributed by atoms with E-state index < -0.39 is 29.6 Å². The minimum atomic E-state index is -1.12. The van der Waals surface area contributed by atoms with Crippen LogP contribution in [-0.4, -0.2) is 42.8 Å². The maximum absolute atomic E-state index is 11.9. The smallest absolute Gasteiger partial charge is 0.331 e. The highest BCUT2D eigenvalue weighted by atomic mass is 16.6. The SMILES string of the molecule is C[C@@H](OC(=O)/C=C/c1ccc2c(c1)OCCO2)C(=O)NC(=O)NC(C)(C)C. The molecule has 0 spiro atoms. The molecule has 0 saturated carbocycles. The lowest BCUT2D eigenvalue weighted by Gasteiger charge is -2.21. The Morgan fingerprint density at radius 1 is 1.15 bits per heavy atom. The molecule has 1 heterocycles. The van der Waals surface area contributed by atoms with Crippen molar-refractivity contribution in [3.8, 4) is 11.5 Å². The molecule has 0 saturated heterocycles. The molecular formula is C19H24N2O6. The Kier molecular flexibility index (Phi) is 6.44. The Morgan fingerprint density at radius 3 is 2.48 bits per heavy atom. The predicted molar refractivity (Wildman–Crippen MR) is 98.4 cm³/mol. The fraction of sp³-hybridized carbons (Fsp3) is 0.421. The van der Waals surface area contributed by atoms with Gasteiger partial charge in [0.1, 0.15) is 13.2 Å². The molecule has 2 rings (SSSR count). The quantitative estimate of drug-likeness (QED) is 0.616. The largest absolute Gasteiger partial charge is 0.486 e. The molecule has 8 heteroatoms. The lowest BCUT2D eigenvalue weighted by molar-refractivity contribution is -0.149. The number of carbonyl (C=O) groups excluding carboxylic acids is 3. The van der Waals surface area contributed by atoms with Crippen LogP contribution < -0.4 is 20.1 Å². The van der Waals surface area contributed by atoms with Crippen LogP contribution in [0.1, 0.15) is 33.3 Å². The standard InChI is InChI=1S/C19H24N2O6/c1-12(17(23)20-18(24)21-19(2,3)4)27-16(22)8-6-13-5-7-14-15(11-13)26-10-9-25-14/h5-8,11-12H,9-10H2,1-4H3,(H2,20,21,23,24)/b8-6+/t12-/m1/s1. The Labute approximate surface area is 157 Å². The van der Waals surface area contributed by atoms with Crippen molar-refractivity contribution in [2.24, 2.45) is 0 Å². The fourth-order valence-electron chi connectivity index (χ4n) is 2.18. The zero-order chi connectivity index (χ0) is 20.0. The topological polar surface area (TPSA) is 103 Å². The second kappa shape index (κ2) is 8.57. The van der Waals surface area contributed by atoms with Crippen molar-refractivity contribution >= 4 is 24.0 Å². The van der Waals surface area contributed by atoms with E-state index in [0.29, 0.717) is 24.7 Å². The van der Waals surface area contributed by atoms with Gasteiger partial charge in [-0.25, -0.2) is 9.59 Å². The highest BCUT2D eigenvalue weighted by molar-refractivity contribution is 5.98. The van der Waals surface area contributed by atoms with Crippen LogP contribution in [0, 0.1) is 0 Å². The summed E-state index contributed by atoms with van der Waals surface area (Å²) in [6.07, 6.45) is 1.62. The van der Waals surface area contributed by atoms with Crippen molar-refractivity contribution in [2.75, 3.05) is 13.2 Å². The fourth-order valence-corrected chi connectivity index (χ4v) is 2.18. The molecule has 0 radical (unpaired) electrons. The average Bonchev–Trinajstić information content (AvgIpc) is 2.58. The van der Waals surface area contributed by atoms with E-state index >= 15 is 0 Å². The molecule has 0 fully saturated rings. The maximum atomic E-state index is 11.9. The average molecular weight is 376 g/mol. The summed E-state index contributed by atoms with van der Waals surface area (Å²) >= 11 is 0. The van der Waals surface area contributed by atoms with E-state index in [2.05, 4.69) is 10.6 Å². The normalized spacial score (nSPS) is 14.4. The van der Waals surface area contributed by atoms with Gasteiger partial charge >= 0.3 is 12.0 Å². The Bertz CT molecular complexity index is 751. The number of rotatable bonds is 4. The number of hydrogen-bond donors (Lipinski definition) is 2. The first-order valence-corrected chi connectivity index (χ1v) is 8.55. The van der Waals surface area contributed by atoms with E-state index in [1.807, 2.05) is 0 Å². The summed E-state index contributed by atoms with van der Waals surface area (Å²) in [6, 6.07) is 4.61. The van der Waals surface area contributed by atoms with Gasteiger partial charge in [-0.1, -0.05) is 6.07 Å². The maximum Gasteiger partial charge on any atom is 0.331 e. The molecule has 0 aromatic heterocycles. The highest BCUT2D eigenvalue weighted by Gasteiger charge is 2.21. The van der Waals surface area contributed by atoms with E-state index in [-0.39, 0.29) is 0 Å². The third kappa shape index (κ3) is 6.65. The van der Waals surface area contributed by atoms with E-state index in [0.717, 1.165) is 5.56 Å². The minimum Gasteiger partial charge on any atom is -0.486 e. The molecule has 8 nitrogen and oxygen atoms in total. The van der Waals surface area contributed by atoms with Gasteiger partial charge in [-0.3, -0.25) is 10.1 Å². The summed E-state index contributed by atoms with van der Waals surface area (Å²) in [7, 11) is 0. The second-order valence-electron chi connectivity index (χ2n) is 7.01. The van der Waals surface area contributed by atoms with E-state index in [1.54, 1.807) is 39.0 Å². The number of fused-ring (bicyclic) bond motifs is 1. The van der Waals surface area contributed by atoms with Crippen LogP contribution in [0.5, 0.6) is 11.5 Å². The van der Waals surface area contributed by atoms with Crippen LogP contribution >= 0.6 is 0 Å². The molecule has 27 heavy (non-hydrogen) atoms. The third-order valence-corrected chi connectivity index (χ3v) is 3.37. The molecule has 1 aromatic carbocycles. The number of benzene rings is 1. The van der Waals surface area contributed by atoms with Gasteiger partial charge in [-0.05, 0) is 51.5 Å². The Morgan fingerprint density at radius 2 is 1.81 bits per heavy atom. The van der Waals surface area contributed by atoms with Crippen molar-refractivity contribution in [3.05, 3.63) is 29.8 Å². The van der Waals surface area contributed by atoms with Gasteiger partial charge in [-0.2, -0.15) is 0 Å². The van der Waals surface area contributed by atoms with Crippen molar-refractivity contribution in [1.29, 1.82) is 0 Å². The van der Waals surface area contributed by atoms with Crippen LogP contribution in [0.2, 0.25) is 0 Å². The molecule has 0 unspecified atom stereocenters. The second-order valence-corrected chi connectivity index (χ2v) is 7.01. The first-order valence-electron chi connectivity index (χ1n) is 8.55. The van der Waals surface area contributed by atoms with Crippen molar-refractivity contribution in [1.82, 2.24) is 10.6 Å². The summed E-state index contributed by atoms with van der Waals surface area (Å²) in [5.74, 6) is -0.157. The third-order valence-electron chi connectivity index (χ3n) is 3.37. The molecule has 1 atom stereocenters. The van der Waals surface area contributed by atoms with Crippen LogP contribution in [0.4, 0.5) is 4.79 Å². The summed E-state index contributed by atoms with van der Waals surface area (Å²) in [4.78, 5) is 35.5. The van der Waals surface area contributed by atoms with E-state index in [1.165, 1.54) is 19.1 Å². The van der Waals surface area contributed by atoms with Gasteiger partial charge in [0.15, 0.2) is 17.6 Å². The zero-order valence-corrected chi connectivity index (χ0v) is 15.8. The van der Waals surface area contributed by atoms with Gasteiger partial charge < -0.3 is 19.5 Å². The highest BCUT2D eigenvalue weighted by Crippen LogP contribution is 2.31. The molecule has 1 aliphatic heterocycles. The summed E-state index contributed by atoms with van der Waals surface area (Å²) < 4.78 is 15.9.